The van der Waals surface area contributed by atoms with Crippen LogP contribution in [-0.2, 0) is 16.0 Å². The molecule has 2 heterocycles. The highest BCUT2D eigenvalue weighted by Crippen LogP contribution is 2.15. The first-order valence-electron chi connectivity index (χ1n) is 6.96. The Bertz CT molecular complexity index is 416. The fourth-order valence-corrected chi connectivity index (χ4v) is 2.13. The molecule has 7 nitrogen and oxygen atoms in total. The number of ether oxygens (including phenoxy) is 2. The molecule has 2 rings (SSSR count). The van der Waals surface area contributed by atoms with E-state index in [2.05, 4.69) is 15.7 Å². The number of rotatable bonds is 6. The number of aromatic nitrogens is 2. The first-order valence-corrected chi connectivity index (χ1v) is 6.96. The van der Waals surface area contributed by atoms with Gasteiger partial charge in [-0.15, -0.1) is 0 Å². The molecule has 0 saturated carbocycles. The lowest BCUT2D eigenvalue weighted by molar-refractivity contribution is 0.00401. The quantitative estimate of drug-likeness (QED) is 0.769. The van der Waals surface area contributed by atoms with Crippen molar-refractivity contribution >= 4 is 11.7 Å². The third-order valence-electron chi connectivity index (χ3n) is 3.15. The van der Waals surface area contributed by atoms with Gasteiger partial charge in [-0.25, -0.2) is 4.79 Å². The van der Waals surface area contributed by atoms with Gasteiger partial charge in [-0.3, -0.25) is 4.68 Å². The predicted octanol–water partition coefficient (Wildman–Crippen LogP) is 1.22. The number of carbonyl (C=O) groups is 1. The number of urea groups is 1. The number of hydrogen-bond donors (Lipinski definition) is 2. The van der Waals surface area contributed by atoms with E-state index < -0.39 is 0 Å². The minimum Gasteiger partial charge on any atom is -0.383 e. The number of hydrogen-bond acceptors (Lipinski definition) is 4. The molecule has 0 aliphatic carbocycles. The summed E-state index contributed by atoms with van der Waals surface area (Å²) in [5.41, 5.74) is 0.677. The monoisotopic (exact) mass is 282 g/mol. The van der Waals surface area contributed by atoms with Crippen LogP contribution in [0.3, 0.4) is 0 Å². The highest BCUT2D eigenvalue weighted by atomic mass is 16.5. The molecule has 0 bridgehead atoms. The first-order chi connectivity index (χ1) is 9.78. The van der Waals surface area contributed by atoms with E-state index in [1.807, 2.05) is 6.20 Å². The Morgan fingerprint density at radius 1 is 1.60 bits per heavy atom. The molecule has 7 heteroatoms. The summed E-state index contributed by atoms with van der Waals surface area (Å²) < 4.78 is 12.3. The van der Waals surface area contributed by atoms with Crippen LogP contribution in [0.15, 0.2) is 12.4 Å². The molecule has 1 aromatic heterocycles. The van der Waals surface area contributed by atoms with E-state index in [1.54, 1.807) is 18.0 Å². The lowest BCUT2D eigenvalue weighted by Gasteiger charge is -2.22. The third-order valence-corrected chi connectivity index (χ3v) is 3.15. The number of methoxy groups -OCH3 is 1. The fraction of sp³-hybridized carbons (Fsp3) is 0.692. The van der Waals surface area contributed by atoms with E-state index in [9.17, 15) is 4.79 Å². The van der Waals surface area contributed by atoms with Crippen LogP contribution in [0, 0.1) is 0 Å². The van der Waals surface area contributed by atoms with Crippen molar-refractivity contribution in [2.45, 2.75) is 31.9 Å². The van der Waals surface area contributed by atoms with E-state index in [4.69, 9.17) is 9.47 Å². The van der Waals surface area contributed by atoms with Gasteiger partial charge >= 0.3 is 6.03 Å². The van der Waals surface area contributed by atoms with E-state index >= 15 is 0 Å². The van der Waals surface area contributed by atoms with Crippen LogP contribution in [0.5, 0.6) is 0 Å². The summed E-state index contributed by atoms with van der Waals surface area (Å²) in [4.78, 5) is 11.5. The molecule has 20 heavy (non-hydrogen) atoms. The molecule has 1 aliphatic heterocycles. The van der Waals surface area contributed by atoms with E-state index in [0.717, 1.165) is 26.0 Å². The van der Waals surface area contributed by atoms with Crippen molar-refractivity contribution in [1.29, 1.82) is 0 Å². The lowest BCUT2D eigenvalue weighted by Crippen LogP contribution is -2.31. The maximum Gasteiger partial charge on any atom is 0.319 e. The number of carbonyl (C=O) groups excluding carboxylic acids is 1. The SMILES string of the molecule is COCCNC(=O)Nc1cnn(CC2CCCCO2)c1. The Kier molecular flexibility index (Phi) is 5.82. The molecule has 0 radical (unpaired) electrons. The van der Waals surface area contributed by atoms with Crippen LogP contribution in [0.25, 0.3) is 0 Å². The number of amides is 2. The average Bonchev–Trinajstić information content (AvgIpc) is 2.87. The highest BCUT2D eigenvalue weighted by Gasteiger charge is 2.15. The number of nitrogens with zero attached hydrogens (tertiary/aromatic N) is 2. The summed E-state index contributed by atoms with van der Waals surface area (Å²) in [6, 6.07) is -0.254. The zero-order valence-electron chi connectivity index (χ0n) is 11.8. The van der Waals surface area contributed by atoms with Gasteiger partial charge in [0.15, 0.2) is 0 Å². The van der Waals surface area contributed by atoms with Crippen molar-refractivity contribution in [2.75, 3.05) is 32.2 Å². The maximum absolute atomic E-state index is 11.5. The van der Waals surface area contributed by atoms with Gasteiger partial charge in [0.2, 0.25) is 0 Å². The second-order valence-corrected chi connectivity index (χ2v) is 4.81. The molecule has 0 spiro atoms. The molecule has 1 aromatic rings. The van der Waals surface area contributed by atoms with Crippen LogP contribution in [0.2, 0.25) is 0 Å². The molecule has 2 amide bonds. The van der Waals surface area contributed by atoms with Crippen molar-refractivity contribution < 1.29 is 14.3 Å². The molecule has 1 unspecified atom stereocenters. The van der Waals surface area contributed by atoms with Gasteiger partial charge in [0.05, 0.1) is 31.1 Å². The van der Waals surface area contributed by atoms with Crippen LogP contribution < -0.4 is 10.6 Å². The first kappa shape index (κ1) is 14.8. The summed E-state index contributed by atoms with van der Waals surface area (Å²) in [6.45, 7) is 2.53. The van der Waals surface area contributed by atoms with Crippen molar-refractivity contribution in [1.82, 2.24) is 15.1 Å². The standard InChI is InChI=1S/C13H22N4O3/c1-19-7-5-14-13(18)16-11-8-15-17(9-11)10-12-4-2-3-6-20-12/h8-9,12H,2-7,10H2,1H3,(H2,14,16,18). The molecule has 0 aromatic carbocycles. The number of anilines is 1. The van der Waals surface area contributed by atoms with Crippen molar-refractivity contribution in [3.05, 3.63) is 12.4 Å². The Hall–Kier alpha value is -1.60. The fourth-order valence-electron chi connectivity index (χ4n) is 2.13. The normalized spacial score (nSPS) is 18.8. The van der Waals surface area contributed by atoms with E-state index in [0.29, 0.717) is 18.8 Å². The topological polar surface area (TPSA) is 77.4 Å². The highest BCUT2D eigenvalue weighted by molar-refractivity contribution is 5.88. The van der Waals surface area contributed by atoms with Crippen LogP contribution in [0.1, 0.15) is 19.3 Å². The van der Waals surface area contributed by atoms with Gasteiger partial charge in [0.25, 0.3) is 0 Å². The zero-order valence-corrected chi connectivity index (χ0v) is 11.8. The summed E-state index contributed by atoms with van der Waals surface area (Å²) in [7, 11) is 1.59. The second-order valence-electron chi connectivity index (χ2n) is 4.81. The van der Waals surface area contributed by atoms with Crippen molar-refractivity contribution in [2.24, 2.45) is 0 Å². The summed E-state index contributed by atoms with van der Waals surface area (Å²) >= 11 is 0. The Morgan fingerprint density at radius 3 is 3.25 bits per heavy atom. The maximum atomic E-state index is 11.5. The lowest BCUT2D eigenvalue weighted by atomic mass is 10.1. The van der Waals surface area contributed by atoms with Gasteiger partial charge in [-0.2, -0.15) is 5.10 Å². The van der Waals surface area contributed by atoms with Gasteiger partial charge in [0, 0.05) is 26.5 Å². The van der Waals surface area contributed by atoms with Crippen molar-refractivity contribution in [3.63, 3.8) is 0 Å². The Balaban J connectivity index is 1.75. The summed E-state index contributed by atoms with van der Waals surface area (Å²) in [5.74, 6) is 0. The second kappa shape index (κ2) is 7.86. The van der Waals surface area contributed by atoms with Crippen LogP contribution >= 0.6 is 0 Å². The van der Waals surface area contributed by atoms with E-state index in [1.165, 1.54) is 6.42 Å². The van der Waals surface area contributed by atoms with Crippen LogP contribution in [-0.4, -0.2) is 48.8 Å². The Morgan fingerprint density at radius 2 is 2.50 bits per heavy atom. The molecule has 1 atom stereocenters. The van der Waals surface area contributed by atoms with E-state index in [-0.39, 0.29) is 12.1 Å². The predicted molar refractivity (Wildman–Crippen MR) is 74.7 cm³/mol. The number of nitrogens with one attached hydrogen (secondary N) is 2. The summed E-state index contributed by atoms with van der Waals surface area (Å²) in [6.07, 6.45) is 7.10. The molecule has 112 valence electrons. The van der Waals surface area contributed by atoms with Gasteiger partial charge in [-0.1, -0.05) is 0 Å². The average molecular weight is 282 g/mol. The van der Waals surface area contributed by atoms with Gasteiger partial charge in [0.1, 0.15) is 0 Å². The smallest absolute Gasteiger partial charge is 0.319 e. The molecule has 1 fully saturated rings. The van der Waals surface area contributed by atoms with Crippen LogP contribution in [0.4, 0.5) is 10.5 Å². The molecular formula is C13H22N4O3. The Labute approximate surface area is 118 Å². The van der Waals surface area contributed by atoms with Crippen molar-refractivity contribution in [3.8, 4) is 0 Å². The van der Waals surface area contributed by atoms with Gasteiger partial charge in [-0.05, 0) is 19.3 Å². The molecule has 2 N–H and O–H groups in total. The minimum absolute atomic E-state index is 0.229. The largest absolute Gasteiger partial charge is 0.383 e. The molecular weight excluding hydrogens is 260 g/mol. The van der Waals surface area contributed by atoms with Gasteiger partial charge < -0.3 is 20.1 Å². The third kappa shape index (κ3) is 4.82. The minimum atomic E-state index is -0.254. The molecule has 1 aliphatic rings. The summed E-state index contributed by atoms with van der Waals surface area (Å²) in [5, 5.41) is 9.64. The zero-order chi connectivity index (χ0) is 14.2. The molecule has 1 saturated heterocycles.